The molecule has 2 heterocycles. The Morgan fingerprint density at radius 2 is 2.28 bits per heavy atom. The van der Waals surface area contributed by atoms with Crippen LogP contribution in [0, 0.1) is 5.92 Å². The minimum absolute atomic E-state index is 0.237. The Balaban J connectivity index is 2.20. The molecule has 18 heavy (non-hydrogen) atoms. The van der Waals surface area contributed by atoms with Gasteiger partial charge >= 0.3 is 5.69 Å². The van der Waals surface area contributed by atoms with Crippen molar-refractivity contribution >= 4 is 11.2 Å². The summed E-state index contributed by atoms with van der Waals surface area (Å²) in [5.74, 6) is 0.458. The molecule has 2 aromatic rings. The van der Waals surface area contributed by atoms with E-state index in [9.17, 15) is 9.59 Å². The number of hydrogen-bond acceptors (Lipinski definition) is 4. The molecule has 0 saturated heterocycles. The summed E-state index contributed by atoms with van der Waals surface area (Å²) >= 11 is 0. The van der Waals surface area contributed by atoms with E-state index in [-0.39, 0.29) is 18.0 Å². The Morgan fingerprint density at radius 3 is 2.94 bits per heavy atom. The van der Waals surface area contributed by atoms with Crippen molar-refractivity contribution in [1.29, 1.82) is 0 Å². The largest absolute Gasteiger partial charge is 0.364 e. The highest BCUT2D eigenvalue weighted by molar-refractivity contribution is 5.68. The molecule has 0 atom stereocenters. The van der Waals surface area contributed by atoms with Crippen LogP contribution in [0.3, 0.4) is 0 Å². The lowest BCUT2D eigenvalue weighted by atomic mass is 10.4. The van der Waals surface area contributed by atoms with E-state index in [2.05, 4.69) is 9.97 Å². The maximum absolute atomic E-state index is 12.3. The van der Waals surface area contributed by atoms with Crippen LogP contribution < -0.4 is 11.2 Å². The van der Waals surface area contributed by atoms with Crippen molar-refractivity contribution < 1.29 is 4.74 Å². The van der Waals surface area contributed by atoms with Crippen LogP contribution in [0.2, 0.25) is 0 Å². The zero-order chi connectivity index (χ0) is 12.7. The molecular weight excluding hydrogens is 236 g/mol. The van der Waals surface area contributed by atoms with Gasteiger partial charge in [-0.15, -0.1) is 0 Å². The second kappa shape index (κ2) is 4.09. The van der Waals surface area contributed by atoms with Gasteiger partial charge in [0.1, 0.15) is 6.73 Å². The smallest absolute Gasteiger partial charge is 0.330 e. The minimum Gasteiger partial charge on any atom is -0.364 e. The van der Waals surface area contributed by atoms with Gasteiger partial charge in [0.05, 0.1) is 6.33 Å². The van der Waals surface area contributed by atoms with Crippen molar-refractivity contribution in [3.63, 3.8) is 0 Å². The third-order valence-electron chi connectivity index (χ3n) is 3.16. The van der Waals surface area contributed by atoms with Crippen molar-refractivity contribution in [3.05, 3.63) is 27.2 Å². The molecule has 0 aliphatic heterocycles. The van der Waals surface area contributed by atoms with Gasteiger partial charge in [-0.2, -0.15) is 0 Å². The number of methoxy groups -OCH3 is 1. The summed E-state index contributed by atoms with van der Waals surface area (Å²) in [6.07, 6.45) is 3.66. The molecule has 1 N–H and O–H groups in total. The fourth-order valence-electron chi connectivity index (χ4n) is 2.05. The molecule has 0 aromatic carbocycles. The van der Waals surface area contributed by atoms with Crippen molar-refractivity contribution in [2.24, 2.45) is 5.92 Å². The number of aromatic amines is 1. The third-order valence-corrected chi connectivity index (χ3v) is 3.16. The van der Waals surface area contributed by atoms with Crippen LogP contribution in [0.25, 0.3) is 11.2 Å². The van der Waals surface area contributed by atoms with Crippen LogP contribution in [-0.4, -0.2) is 26.2 Å². The van der Waals surface area contributed by atoms with E-state index in [1.165, 1.54) is 10.9 Å². The number of fused-ring (bicyclic) bond motifs is 1. The third kappa shape index (κ3) is 1.76. The first-order valence-corrected chi connectivity index (χ1v) is 5.87. The number of ether oxygens (including phenoxy) is 1. The van der Waals surface area contributed by atoms with E-state index in [1.807, 2.05) is 0 Å². The highest BCUT2D eigenvalue weighted by Crippen LogP contribution is 2.29. The van der Waals surface area contributed by atoms with Crippen molar-refractivity contribution in [2.45, 2.75) is 26.1 Å². The van der Waals surface area contributed by atoms with Crippen molar-refractivity contribution in [3.8, 4) is 0 Å². The van der Waals surface area contributed by atoms with Gasteiger partial charge in [0.15, 0.2) is 11.2 Å². The average molecular weight is 250 g/mol. The summed E-state index contributed by atoms with van der Waals surface area (Å²) < 4.78 is 7.85. The number of aromatic nitrogens is 4. The van der Waals surface area contributed by atoms with Gasteiger partial charge < -0.3 is 9.30 Å². The number of hydrogen-bond donors (Lipinski definition) is 1. The normalized spacial score (nSPS) is 15.4. The highest BCUT2D eigenvalue weighted by Gasteiger charge is 2.24. The first-order chi connectivity index (χ1) is 8.70. The lowest BCUT2D eigenvalue weighted by Gasteiger charge is -2.05. The Hall–Kier alpha value is -1.89. The molecule has 0 unspecified atom stereocenters. The van der Waals surface area contributed by atoms with E-state index in [4.69, 9.17) is 4.74 Å². The standard InChI is InChI=1S/C11H14N4O3/c1-18-6-14-5-12-9-8(14)10(16)15(11(17)13-9)4-7-2-3-7/h5,7H,2-4,6H2,1H3,(H,13,17). The molecule has 0 bridgehead atoms. The lowest BCUT2D eigenvalue weighted by Crippen LogP contribution is -2.36. The maximum Gasteiger partial charge on any atom is 0.330 e. The van der Waals surface area contributed by atoms with Crippen LogP contribution in [0.5, 0.6) is 0 Å². The summed E-state index contributed by atoms with van der Waals surface area (Å²) in [5, 5.41) is 0. The van der Waals surface area contributed by atoms with Crippen LogP contribution in [-0.2, 0) is 18.0 Å². The Labute approximate surface area is 102 Å². The molecular formula is C11H14N4O3. The molecule has 1 saturated carbocycles. The van der Waals surface area contributed by atoms with Gasteiger partial charge in [0.25, 0.3) is 5.56 Å². The van der Waals surface area contributed by atoms with E-state index in [0.717, 1.165) is 12.8 Å². The monoisotopic (exact) mass is 250 g/mol. The van der Waals surface area contributed by atoms with Crippen LogP contribution >= 0.6 is 0 Å². The zero-order valence-electron chi connectivity index (χ0n) is 10.0. The number of nitrogens with one attached hydrogen (secondary N) is 1. The fourth-order valence-corrected chi connectivity index (χ4v) is 2.05. The Kier molecular flexibility index (Phi) is 2.55. The topological polar surface area (TPSA) is 81.9 Å². The van der Waals surface area contributed by atoms with E-state index >= 15 is 0 Å². The number of nitrogens with zero attached hydrogens (tertiary/aromatic N) is 3. The predicted octanol–water partition coefficient (Wildman–Crippen LogP) is -0.0998. The van der Waals surface area contributed by atoms with Gasteiger partial charge in [0.2, 0.25) is 0 Å². The lowest BCUT2D eigenvalue weighted by molar-refractivity contribution is 0.134. The molecule has 0 radical (unpaired) electrons. The molecule has 0 amide bonds. The fraction of sp³-hybridized carbons (Fsp3) is 0.545. The molecule has 0 spiro atoms. The van der Waals surface area contributed by atoms with Crippen LogP contribution in [0.4, 0.5) is 0 Å². The minimum atomic E-state index is -0.387. The molecule has 1 aliphatic carbocycles. The summed E-state index contributed by atoms with van der Waals surface area (Å²) in [5.41, 5.74) is 0.0171. The van der Waals surface area contributed by atoms with Crippen LogP contribution in [0.15, 0.2) is 15.9 Å². The van der Waals surface area contributed by atoms with Gasteiger partial charge in [-0.1, -0.05) is 0 Å². The summed E-state index contributed by atoms with van der Waals surface area (Å²) in [6, 6.07) is 0. The number of imidazole rings is 1. The van der Waals surface area contributed by atoms with E-state index < -0.39 is 0 Å². The van der Waals surface area contributed by atoms with Gasteiger partial charge in [-0.25, -0.2) is 9.78 Å². The molecule has 1 aliphatic rings. The summed E-state index contributed by atoms with van der Waals surface area (Å²) in [7, 11) is 1.54. The summed E-state index contributed by atoms with van der Waals surface area (Å²) in [6.45, 7) is 0.726. The second-order valence-corrected chi connectivity index (χ2v) is 4.62. The number of H-pyrrole nitrogens is 1. The van der Waals surface area contributed by atoms with E-state index in [1.54, 1.807) is 11.7 Å². The molecule has 1 fully saturated rings. The van der Waals surface area contributed by atoms with Crippen molar-refractivity contribution in [2.75, 3.05) is 7.11 Å². The first kappa shape index (κ1) is 11.2. The molecule has 7 nitrogen and oxygen atoms in total. The average Bonchev–Trinajstić information content (AvgIpc) is 3.07. The van der Waals surface area contributed by atoms with Gasteiger partial charge in [0, 0.05) is 13.7 Å². The van der Waals surface area contributed by atoms with E-state index in [0.29, 0.717) is 23.6 Å². The van der Waals surface area contributed by atoms with Crippen LogP contribution in [0.1, 0.15) is 12.8 Å². The van der Waals surface area contributed by atoms with Gasteiger partial charge in [-0.05, 0) is 18.8 Å². The molecule has 7 heteroatoms. The Morgan fingerprint density at radius 1 is 1.50 bits per heavy atom. The summed E-state index contributed by atoms with van der Waals surface area (Å²) in [4.78, 5) is 30.7. The first-order valence-electron chi connectivity index (χ1n) is 5.87. The maximum atomic E-state index is 12.3. The molecule has 96 valence electrons. The molecule has 2 aromatic heterocycles. The SMILES string of the molecule is COCn1cnc2[nH]c(=O)n(CC3CC3)c(=O)c21. The zero-order valence-corrected chi connectivity index (χ0v) is 10.0. The quantitative estimate of drug-likeness (QED) is 0.821. The van der Waals surface area contributed by atoms with Crippen molar-refractivity contribution in [1.82, 2.24) is 19.1 Å². The van der Waals surface area contributed by atoms with Gasteiger partial charge in [-0.3, -0.25) is 14.3 Å². The Bertz CT molecular complexity index is 692. The molecule has 3 rings (SSSR count). The highest BCUT2D eigenvalue weighted by atomic mass is 16.5. The predicted molar refractivity (Wildman–Crippen MR) is 64.3 cm³/mol. The number of rotatable bonds is 4. The second-order valence-electron chi connectivity index (χ2n) is 4.62.